The zero-order valence-electron chi connectivity index (χ0n) is 9.80. The van der Waals surface area contributed by atoms with Crippen LogP contribution in [-0.2, 0) is 6.54 Å². The molecule has 0 aliphatic carbocycles. The Kier molecular flexibility index (Phi) is 3.53. The van der Waals surface area contributed by atoms with Crippen molar-refractivity contribution in [3.05, 3.63) is 42.0 Å². The van der Waals surface area contributed by atoms with Crippen LogP contribution in [0.1, 0.15) is 31.9 Å². The predicted molar refractivity (Wildman–Crippen MR) is 66.3 cm³/mol. The molecule has 0 radical (unpaired) electrons. The van der Waals surface area contributed by atoms with Gasteiger partial charge >= 0.3 is 0 Å². The summed E-state index contributed by atoms with van der Waals surface area (Å²) >= 11 is 0. The maximum atomic E-state index is 5.60. The van der Waals surface area contributed by atoms with Gasteiger partial charge in [0.1, 0.15) is 0 Å². The summed E-state index contributed by atoms with van der Waals surface area (Å²) in [6.45, 7) is 11.0. The van der Waals surface area contributed by atoms with Gasteiger partial charge in [-0.05, 0) is 31.9 Å². The van der Waals surface area contributed by atoms with Crippen LogP contribution in [0, 0.1) is 0 Å². The highest BCUT2D eigenvalue weighted by molar-refractivity contribution is 5.60. The van der Waals surface area contributed by atoms with E-state index in [1.165, 1.54) is 5.56 Å². The summed E-state index contributed by atoms with van der Waals surface area (Å²) in [6.07, 6.45) is 0. The molecule has 1 aromatic carbocycles. The van der Waals surface area contributed by atoms with Crippen LogP contribution in [0.15, 0.2) is 30.8 Å². The van der Waals surface area contributed by atoms with Crippen molar-refractivity contribution in [3.63, 3.8) is 0 Å². The van der Waals surface area contributed by atoms with Gasteiger partial charge in [-0.25, -0.2) is 0 Å². The highest BCUT2D eigenvalue weighted by atomic mass is 14.9. The molecule has 2 nitrogen and oxygen atoms in total. The number of rotatable bonds is 3. The average molecular weight is 204 g/mol. The van der Waals surface area contributed by atoms with E-state index < -0.39 is 0 Å². The molecule has 0 aliphatic rings. The van der Waals surface area contributed by atoms with Crippen LogP contribution in [-0.4, -0.2) is 5.54 Å². The Morgan fingerprint density at radius 3 is 2.20 bits per heavy atom. The van der Waals surface area contributed by atoms with Crippen LogP contribution in [0.25, 0.3) is 5.70 Å². The fraction of sp³-hybridized carbons (Fsp3) is 0.385. The predicted octanol–water partition coefficient (Wildman–Crippen LogP) is 2.50. The number of benzene rings is 1. The molecule has 1 aromatic rings. The Labute approximate surface area is 92.2 Å². The molecule has 0 saturated carbocycles. The first-order chi connectivity index (χ1) is 6.88. The maximum absolute atomic E-state index is 5.60. The van der Waals surface area contributed by atoms with E-state index in [9.17, 15) is 0 Å². The molecule has 3 N–H and O–H groups in total. The van der Waals surface area contributed by atoms with E-state index in [1.54, 1.807) is 0 Å². The minimum atomic E-state index is 0.149. The van der Waals surface area contributed by atoms with Crippen LogP contribution in [0.3, 0.4) is 0 Å². The molecule has 82 valence electrons. The highest BCUT2D eigenvalue weighted by Crippen LogP contribution is 2.10. The summed E-state index contributed by atoms with van der Waals surface area (Å²) in [4.78, 5) is 0. The number of nitrogens with one attached hydrogen (secondary N) is 1. The van der Waals surface area contributed by atoms with Crippen molar-refractivity contribution in [3.8, 4) is 0 Å². The third kappa shape index (κ3) is 4.17. The molecule has 0 unspecified atom stereocenters. The lowest BCUT2D eigenvalue weighted by Gasteiger charge is -2.20. The standard InChI is InChI=1S/C13H20N2/c1-10(14)12-7-5-11(6-8-12)9-15-13(2,3)4/h5-8,15H,1,9,14H2,2-4H3. The van der Waals surface area contributed by atoms with Gasteiger partial charge in [-0.3, -0.25) is 0 Å². The summed E-state index contributed by atoms with van der Waals surface area (Å²) in [5.74, 6) is 0. The van der Waals surface area contributed by atoms with Crippen molar-refractivity contribution in [2.75, 3.05) is 0 Å². The van der Waals surface area contributed by atoms with Crippen molar-refractivity contribution in [1.82, 2.24) is 5.32 Å². The molecule has 0 saturated heterocycles. The lowest BCUT2D eigenvalue weighted by atomic mass is 10.1. The molecule has 1 rings (SSSR count). The van der Waals surface area contributed by atoms with Crippen molar-refractivity contribution in [2.45, 2.75) is 32.9 Å². The maximum Gasteiger partial charge on any atom is 0.0314 e. The van der Waals surface area contributed by atoms with Gasteiger partial charge in [0.05, 0.1) is 0 Å². The van der Waals surface area contributed by atoms with Gasteiger partial charge in [-0.2, -0.15) is 0 Å². The van der Waals surface area contributed by atoms with Crippen LogP contribution >= 0.6 is 0 Å². The first-order valence-corrected chi connectivity index (χ1v) is 5.17. The monoisotopic (exact) mass is 204 g/mol. The molecular weight excluding hydrogens is 184 g/mol. The van der Waals surface area contributed by atoms with E-state index in [4.69, 9.17) is 5.73 Å². The smallest absolute Gasteiger partial charge is 0.0314 e. The molecule has 0 heterocycles. The molecule has 0 fully saturated rings. The van der Waals surface area contributed by atoms with Crippen LogP contribution < -0.4 is 11.1 Å². The van der Waals surface area contributed by atoms with Crippen molar-refractivity contribution >= 4 is 5.70 Å². The van der Waals surface area contributed by atoms with E-state index in [-0.39, 0.29) is 5.54 Å². The molecule has 15 heavy (non-hydrogen) atoms. The van der Waals surface area contributed by atoms with Gasteiger partial charge in [-0.15, -0.1) is 0 Å². The number of hydrogen-bond acceptors (Lipinski definition) is 2. The molecule has 0 aromatic heterocycles. The van der Waals surface area contributed by atoms with Crippen LogP contribution in [0.2, 0.25) is 0 Å². The SMILES string of the molecule is C=C(N)c1ccc(CNC(C)(C)C)cc1. The van der Waals surface area contributed by atoms with E-state index in [0.29, 0.717) is 5.70 Å². The number of nitrogens with two attached hydrogens (primary N) is 1. The second kappa shape index (κ2) is 4.49. The summed E-state index contributed by atoms with van der Waals surface area (Å²) in [5, 5.41) is 3.43. The Balaban J connectivity index is 2.61. The van der Waals surface area contributed by atoms with E-state index in [1.807, 2.05) is 12.1 Å². The Hall–Kier alpha value is -1.28. The van der Waals surface area contributed by atoms with E-state index in [2.05, 4.69) is 44.8 Å². The molecular formula is C13H20N2. The second-order valence-electron chi connectivity index (χ2n) is 4.83. The van der Waals surface area contributed by atoms with Crippen molar-refractivity contribution in [1.29, 1.82) is 0 Å². The summed E-state index contributed by atoms with van der Waals surface area (Å²) in [6, 6.07) is 8.16. The fourth-order valence-electron chi connectivity index (χ4n) is 1.20. The minimum Gasteiger partial charge on any atom is -0.399 e. The zero-order valence-corrected chi connectivity index (χ0v) is 9.80. The summed E-state index contributed by atoms with van der Waals surface area (Å²) < 4.78 is 0. The summed E-state index contributed by atoms with van der Waals surface area (Å²) in [7, 11) is 0. The lowest BCUT2D eigenvalue weighted by molar-refractivity contribution is 0.424. The topological polar surface area (TPSA) is 38.0 Å². The molecule has 2 heteroatoms. The van der Waals surface area contributed by atoms with Gasteiger partial charge in [0.25, 0.3) is 0 Å². The van der Waals surface area contributed by atoms with Gasteiger partial charge in [0.2, 0.25) is 0 Å². The molecule has 0 atom stereocenters. The fourth-order valence-corrected chi connectivity index (χ4v) is 1.20. The van der Waals surface area contributed by atoms with Crippen LogP contribution in [0.5, 0.6) is 0 Å². The molecule has 0 aliphatic heterocycles. The van der Waals surface area contributed by atoms with Gasteiger partial charge in [0.15, 0.2) is 0 Å². The third-order valence-corrected chi connectivity index (χ3v) is 2.15. The Bertz CT molecular complexity index is 331. The molecule has 0 bridgehead atoms. The van der Waals surface area contributed by atoms with E-state index >= 15 is 0 Å². The highest BCUT2D eigenvalue weighted by Gasteiger charge is 2.07. The third-order valence-electron chi connectivity index (χ3n) is 2.15. The zero-order chi connectivity index (χ0) is 11.5. The first-order valence-electron chi connectivity index (χ1n) is 5.17. The normalized spacial score (nSPS) is 11.4. The molecule has 0 amide bonds. The molecule has 0 spiro atoms. The van der Waals surface area contributed by atoms with Crippen LogP contribution in [0.4, 0.5) is 0 Å². The minimum absolute atomic E-state index is 0.149. The quantitative estimate of drug-likeness (QED) is 0.794. The van der Waals surface area contributed by atoms with E-state index in [0.717, 1.165) is 12.1 Å². The first kappa shape index (κ1) is 11.8. The van der Waals surface area contributed by atoms with Gasteiger partial charge < -0.3 is 11.1 Å². The van der Waals surface area contributed by atoms with Gasteiger partial charge in [-0.1, -0.05) is 30.8 Å². The Morgan fingerprint density at radius 1 is 1.27 bits per heavy atom. The Morgan fingerprint density at radius 2 is 1.80 bits per heavy atom. The largest absolute Gasteiger partial charge is 0.399 e. The van der Waals surface area contributed by atoms with Crippen molar-refractivity contribution in [2.24, 2.45) is 5.73 Å². The lowest BCUT2D eigenvalue weighted by Crippen LogP contribution is -2.35. The second-order valence-corrected chi connectivity index (χ2v) is 4.83. The van der Waals surface area contributed by atoms with Crippen molar-refractivity contribution < 1.29 is 0 Å². The average Bonchev–Trinajstić information content (AvgIpc) is 2.14. The summed E-state index contributed by atoms with van der Waals surface area (Å²) in [5.41, 5.74) is 8.62. The number of hydrogen-bond donors (Lipinski definition) is 2. The van der Waals surface area contributed by atoms with Gasteiger partial charge in [0, 0.05) is 17.8 Å².